The van der Waals surface area contributed by atoms with Crippen molar-refractivity contribution in [1.82, 2.24) is 4.90 Å². The Bertz CT molecular complexity index is 823. The number of fused-ring (bicyclic) bond motifs is 1. The van der Waals surface area contributed by atoms with E-state index in [0.29, 0.717) is 31.8 Å². The van der Waals surface area contributed by atoms with Gasteiger partial charge in [0.15, 0.2) is 24.4 Å². The number of piperidine rings is 1. The number of likely N-dealkylation sites (tertiary alicyclic amines) is 1. The first-order chi connectivity index (χ1) is 13.6. The van der Waals surface area contributed by atoms with Gasteiger partial charge in [-0.2, -0.15) is 0 Å². The van der Waals surface area contributed by atoms with E-state index in [1.807, 2.05) is 6.07 Å². The molecule has 7 heteroatoms. The smallest absolute Gasteiger partial charge is 0.207 e. The SMILES string of the molecule is COCOc1ccc2c3c1O[C@H]1C4(CC[C@@]5(O)C(C2)N(C)CC[C@]315)OCCO4. The number of hydrogen-bond acceptors (Lipinski definition) is 7. The highest BCUT2D eigenvalue weighted by Crippen LogP contribution is 2.67. The van der Waals surface area contributed by atoms with E-state index in [1.54, 1.807) is 7.11 Å². The molecule has 152 valence electrons. The minimum Gasteiger partial charge on any atom is -0.479 e. The van der Waals surface area contributed by atoms with Gasteiger partial charge in [-0.05, 0) is 44.5 Å². The third kappa shape index (κ3) is 1.83. The largest absolute Gasteiger partial charge is 0.479 e. The monoisotopic (exact) mass is 389 g/mol. The second-order valence-electron chi connectivity index (χ2n) is 8.83. The summed E-state index contributed by atoms with van der Waals surface area (Å²) in [6.07, 6.45) is 2.52. The predicted molar refractivity (Wildman–Crippen MR) is 98.6 cm³/mol. The zero-order valence-corrected chi connectivity index (χ0v) is 16.4. The van der Waals surface area contributed by atoms with Crippen LogP contribution in [0.25, 0.3) is 0 Å². The van der Waals surface area contributed by atoms with E-state index < -0.39 is 16.8 Å². The van der Waals surface area contributed by atoms with E-state index in [2.05, 4.69) is 18.0 Å². The van der Waals surface area contributed by atoms with Crippen LogP contribution in [0, 0.1) is 0 Å². The number of ether oxygens (including phenoxy) is 5. The Labute approximate surface area is 164 Å². The first-order valence-corrected chi connectivity index (χ1v) is 10.2. The molecular weight excluding hydrogens is 362 g/mol. The third-order valence-electron chi connectivity index (χ3n) is 7.83. The fourth-order valence-corrected chi connectivity index (χ4v) is 6.70. The molecule has 4 atom stereocenters. The molecule has 1 unspecified atom stereocenters. The number of nitrogens with zero attached hydrogens (tertiary/aromatic N) is 1. The van der Waals surface area contributed by atoms with Gasteiger partial charge in [-0.15, -0.1) is 0 Å². The molecule has 3 fully saturated rings. The fourth-order valence-electron chi connectivity index (χ4n) is 6.70. The maximum absolute atomic E-state index is 12.2. The molecule has 0 radical (unpaired) electrons. The highest BCUT2D eigenvalue weighted by atomic mass is 16.8. The predicted octanol–water partition coefficient (Wildman–Crippen LogP) is 1.20. The molecule has 2 spiro atoms. The Balaban J connectivity index is 1.59. The normalized spacial score (nSPS) is 39.7. The van der Waals surface area contributed by atoms with Crippen LogP contribution in [0.15, 0.2) is 12.1 Å². The zero-order chi connectivity index (χ0) is 19.1. The molecule has 28 heavy (non-hydrogen) atoms. The molecule has 0 aromatic heterocycles. The van der Waals surface area contributed by atoms with Crippen molar-refractivity contribution in [3.63, 3.8) is 0 Å². The summed E-state index contributed by atoms with van der Waals surface area (Å²) >= 11 is 0. The average molecular weight is 389 g/mol. The van der Waals surface area contributed by atoms with Gasteiger partial charge in [0.1, 0.15) is 0 Å². The lowest BCUT2D eigenvalue weighted by Crippen LogP contribution is -2.79. The molecule has 2 aliphatic carbocycles. The summed E-state index contributed by atoms with van der Waals surface area (Å²) in [4.78, 5) is 2.31. The molecule has 2 saturated heterocycles. The Kier molecular flexibility index (Phi) is 3.50. The maximum atomic E-state index is 12.2. The van der Waals surface area contributed by atoms with Crippen LogP contribution < -0.4 is 9.47 Å². The van der Waals surface area contributed by atoms with Crippen molar-refractivity contribution in [1.29, 1.82) is 0 Å². The second-order valence-corrected chi connectivity index (χ2v) is 8.83. The van der Waals surface area contributed by atoms with Crippen molar-refractivity contribution in [3.05, 3.63) is 23.3 Å². The van der Waals surface area contributed by atoms with E-state index in [4.69, 9.17) is 23.7 Å². The lowest BCUT2D eigenvalue weighted by atomic mass is 9.48. The lowest BCUT2D eigenvalue weighted by molar-refractivity contribution is -0.295. The fraction of sp³-hybridized carbons (Fsp3) is 0.714. The van der Waals surface area contributed by atoms with Crippen molar-refractivity contribution >= 4 is 0 Å². The molecule has 1 aromatic carbocycles. The summed E-state index contributed by atoms with van der Waals surface area (Å²) in [6.45, 7) is 2.19. The van der Waals surface area contributed by atoms with Gasteiger partial charge in [0.2, 0.25) is 5.79 Å². The van der Waals surface area contributed by atoms with E-state index >= 15 is 0 Å². The number of hydrogen-bond donors (Lipinski definition) is 1. The van der Waals surface area contributed by atoms with Crippen molar-refractivity contribution in [3.8, 4) is 11.5 Å². The molecule has 2 bridgehead atoms. The number of aliphatic hydroxyl groups is 1. The molecule has 3 heterocycles. The molecule has 3 aliphatic heterocycles. The van der Waals surface area contributed by atoms with Crippen LogP contribution >= 0.6 is 0 Å². The minimum atomic E-state index is -0.872. The molecule has 1 N–H and O–H groups in total. The van der Waals surface area contributed by atoms with E-state index in [1.165, 1.54) is 5.56 Å². The average Bonchev–Trinajstić information content (AvgIpc) is 3.30. The highest BCUT2D eigenvalue weighted by molar-refractivity contribution is 5.63. The highest BCUT2D eigenvalue weighted by Gasteiger charge is 2.77. The minimum absolute atomic E-state index is 0.0651. The van der Waals surface area contributed by atoms with Crippen molar-refractivity contribution < 1.29 is 28.8 Å². The Morgan fingerprint density at radius 2 is 2.04 bits per heavy atom. The van der Waals surface area contributed by atoms with Gasteiger partial charge in [0.25, 0.3) is 0 Å². The van der Waals surface area contributed by atoms with E-state index in [0.717, 1.165) is 30.7 Å². The standard InChI is InChI=1S/C21H27NO6/c1-22-8-7-19-16-13-3-4-14(25-12-24-2)17(16)28-18(19)21(26-9-10-27-21)6-5-20(19,23)15(22)11-13/h3-4,15,18,23H,5-12H2,1-2H3/t15?,18-,19+,20-/m1/s1. The quantitative estimate of drug-likeness (QED) is 0.779. The molecule has 5 aliphatic rings. The number of rotatable bonds is 3. The Hall–Kier alpha value is -1.38. The van der Waals surface area contributed by atoms with Crippen LogP contribution in [0.1, 0.15) is 30.4 Å². The van der Waals surface area contributed by atoms with E-state index in [9.17, 15) is 5.11 Å². The first kappa shape index (κ1) is 17.5. The van der Waals surface area contributed by atoms with Crippen LogP contribution in [0.4, 0.5) is 0 Å². The van der Waals surface area contributed by atoms with Gasteiger partial charge in [0, 0.05) is 25.1 Å². The summed E-state index contributed by atoms with van der Waals surface area (Å²) in [5.41, 5.74) is 0.931. The van der Waals surface area contributed by atoms with Crippen LogP contribution in [0.2, 0.25) is 0 Å². The van der Waals surface area contributed by atoms with Crippen LogP contribution in [0.3, 0.4) is 0 Å². The number of methoxy groups -OCH3 is 1. The third-order valence-corrected chi connectivity index (χ3v) is 7.83. The molecule has 6 rings (SSSR count). The summed E-state index contributed by atoms with van der Waals surface area (Å²) < 4.78 is 29.9. The summed E-state index contributed by atoms with van der Waals surface area (Å²) in [5, 5.41) is 12.2. The van der Waals surface area contributed by atoms with Crippen molar-refractivity contribution in [2.45, 2.75) is 54.6 Å². The van der Waals surface area contributed by atoms with Gasteiger partial charge >= 0.3 is 0 Å². The topological polar surface area (TPSA) is 69.6 Å². The number of likely N-dealkylation sites (N-methyl/N-ethyl adjacent to an activating group) is 1. The first-order valence-electron chi connectivity index (χ1n) is 10.2. The second kappa shape index (κ2) is 5.61. The Morgan fingerprint density at radius 1 is 1.21 bits per heavy atom. The molecule has 1 saturated carbocycles. The van der Waals surface area contributed by atoms with Crippen LogP contribution in [0.5, 0.6) is 11.5 Å². The molecule has 0 amide bonds. The Morgan fingerprint density at radius 3 is 2.82 bits per heavy atom. The van der Waals surface area contributed by atoms with Crippen molar-refractivity contribution in [2.24, 2.45) is 0 Å². The van der Waals surface area contributed by atoms with Gasteiger partial charge in [-0.25, -0.2) is 0 Å². The summed E-state index contributed by atoms with van der Waals surface area (Å²) in [6, 6.07) is 4.15. The summed E-state index contributed by atoms with van der Waals surface area (Å²) in [5.74, 6) is 0.609. The zero-order valence-electron chi connectivity index (χ0n) is 16.4. The summed E-state index contributed by atoms with van der Waals surface area (Å²) in [7, 11) is 3.72. The molecular formula is C21H27NO6. The maximum Gasteiger partial charge on any atom is 0.207 e. The van der Waals surface area contributed by atoms with Gasteiger partial charge in [-0.3, -0.25) is 0 Å². The van der Waals surface area contributed by atoms with Gasteiger partial charge in [-0.1, -0.05) is 6.07 Å². The lowest BCUT2D eigenvalue weighted by Gasteiger charge is -2.64. The van der Waals surface area contributed by atoms with E-state index in [-0.39, 0.29) is 18.9 Å². The van der Waals surface area contributed by atoms with Gasteiger partial charge in [0.05, 0.1) is 24.2 Å². The molecule has 7 nitrogen and oxygen atoms in total. The van der Waals surface area contributed by atoms with Crippen molar-refractivity contribution in [2.75, 3.05) is 40.7 Å². The van der Waals surface area contributed by atoms with Crippen LogP contribution in [-0.4, -0.2) is 74.2 Å². The number of benzene rings is 1. The van der Waals surface area contributed by atoms with Crippen LogP contribution in [-0.2, 0) is 26.0 Å². The molecule has 1 aromatic rings. The van der Waals surface area contributed by atoms with Gasteiger partial charge < -0.3 is 33.7 Å².